The van der Waals surface area contributed by atoms with Crippen molar-refractivity contribution in [2.75, 3.05) is 24.7 Å². The molecule has 1 heterocycles. The van der Waals surface area contributed by atoms with Gasteiger partial charge in [-0.05, 0) is 96.3 Å². The number of rotatable bonds is 6. The molecule has 0 amide bonds. The fraction of sp³-hybridized carbons (Fsp3) is 0.368. The van der Waals surface area contributed by atoms with Crippen LogP contribution in [0.15, 0.2) is 97.2 Å². The van der Waals surface area contributed by atoms with E-state index in [1.54, 1.807) is 0 Å². The highest BCUT2D eigenvalue weighted by Crippen LogP contribution is 2.41. The molecule has 0 radical (unpaired) electrons. The summed E-state index contributed by atoms with van der Waals surface area (Å²) in [5.74, 6) is 0.710. The number of nitrogens with zero attached hydrogens (tertiary/aromatic N) is 2. The average Bonchev–Trinajstić information content (AvgIpc) is 3.75. The minimum absolute atomic E-state index is 0.251. The van der Waals surface area contributed by atoms with Crippen LogP contribution in [0, 0.1) is 6.92 Å². The van der Waals surface area contributed by atoms with Gasteiger partial charge in [0.05, 0.1) is 23.4 Å². The molecule has 228 valence electrons. The van der Waals surface area contributed by atoms with Gasteiger partial charge in [-0.3, -0.25) is 4.90 Å². The second-order valence-electron chi connectivity index (χ2n) is 11.3. The first-order valence-electron chi connectivity index (χ1n) is 15.8. The van der Waals surface area contributed by atoms with Gasteiger partial charge in [-0.2, -0.15) is 0 Å². The highest BCUT2D eigenvalue weighted by atomic mass is 35.5. The molecule has 2 aliphatic carbocycles. The molecule has 43 heavy (non-hydrogen) atoms. The van der Waals surface area contributed by atoms with Crippen LogP contribution in [0.2, 0.25) is 10.0 Å². The number of allylic oxidation sites excluding steroid dienone is 3. The first-order chi connectivity index (χ1) is 21.0. The highest BCUT2D eigenvalue weighted by molar-refractivity contribution is 6.34. The molecule has 5 heteroatoms. The minimum Gasteiger partial charge on any atom is -0.405 e. The van der Waals surface area contributed by atoms with Gasteiger partial charge in [-0.25, -0.2) is 0 Å². The molecule has 1 saturated carbocycles. The molecule has 0 bridgehead atoms. The summed E-state index contributed by atoms with van der Waals surface area (Å²) in [6, 6.07) is 24.4. The normalized spacial score (nSPS) is 17.7. The fourth-order valence-electron chi connectivity index (χ4n) is 6.58. The summed E-state index contributed by atoms with van der Waals surface area (Å²) >= 11 is 13.0. The van der Waals surface area contributed by atoms with Crippen molar-refractivity contribution in [3.63, 3.8) is 0 Å². The Morgan fingerprint density at radius 2 is 1.65 bits per heavy atom. The van der Waals surface area contributed by atoms with E-state index in [1.807, 2.05) is 26.0 Å². The van der Waals surface area contributed by atoms with Crippen LogP contribution in [0.25, 0.3) is 5.57 Å². The summed E-state index contributed by atoms with van der Waals surface area (Å²) in [7, 11) is 0. The van der Waals surface area contributed by atoms with Crippen LogP contribution < -0.4 is 10.6 Å². The number of halogens is 2. The smallest absolute Gasteiger partial charge is 0.0716 e. The predicted molar refractivity (Wildman–Crippen MR) is 188 cm³/mol. The SMILES string of the molecule is C=CN.CC.Cc1cccc(N2CCN(C(C3=CC(c4ccc(Cl)cc4)=CCC3)c3cccc(C4CCCC4)c3)C2)c1Cl. The highest BCUT2D eigenvalue weighted by Gasteiger charge is 2.32. The largest absolute Gasteiger partial charge is 0.405 e. The Labute approximate surface area is 269 Å². The number of hydrogen-bond acceptors (Lipinski definition) is 3. The van der Waals surface area contributed by atoms with Gasteiger partial charge in [0.15, 0.2) is 0 Å². The summed E-state index contributed by atoms with van der Waals surface area (Å²) in [4.78, 5) is 5.10. The molecule has 1 atom stereocenters. The molecule has 3 aliphatic rings. The van der Waals surface area contributed by atoms with Crippen LogP contribution in [0.1, 0.15) is 86.6 Å². The second kappa shape index (κ2) is 16.2. The number of benzene rings is 3. The van der Waals surface area contributed by atoms with E-state index in [2.05, 4.69) is 95.8 Å². The zero-order chi connectivity index (χ0) is 30.8. The lowest BCUT2D eigenvalue weighted by molar-refractivity contribution is 0.274. The van der Waals surface area contributed by atoms with Crippen LogP contribution >= 0.6 is 23.2 Å². The van der Waals surface area contributed by atoms with Gasteiger partial charge in [0.25, 0.3) is 0 Å². The number of anilines is 1. The number of hydrogen-bond donors (Lipinski definition) is 1. The molecule has 2 N–H and O–H groups in total. The van der Waals surface area contributed by atoms with Gasteiger partial charge >= 0.3 is 0 Å². The van der Waals surface area contributed by atoms with Gasteiger partial charge in [0.2, 0.25) is 0 Å². The van der Waals surface area contributed by atoms with Crippen molar-refractivity contribution in [1.29, 1.82) is 0 Å². The Hall–Kier alpha value is -2.98. The molecule has 1 saturated heterocycles. The van der Waals surface area contributed by atoms with Crippen molar-refractivity contribution < 1.29 is 0 Å². The Balaban J connectivity index is 0.000000798. The van der Waals surface area contributed by atoms with Crippen LogP contribution in [-0.2, 0) is 0 Å². The van der Waals surface area contributed by atoms with E-state index in [1.165, 1.54) is 59.7 Å². The summed E-state index contributed by atoms with van der Waals surface area (Å²) in [5, 5.41) is 1.65. The number of aryl methyl sites for hydroxylation is 1. The molecule has 0 spiro atoms. The van der Waals surface area contributed by atoms with Crippen LogP contribution in [0.3, 0.4) is 0 Å². The molecule has 1 aliphatic heterocycles. The Morgan fingerprint density at radius 3 is 2.37 bits per heavy atom. The Kier molecular flexibility index (Phi) is 12.4. The maximum Gasteiger partial charge on any atom is 0.0716 e. The van der Waals surface area contributed by atoms with E-state index in [4.69, 9.17) is 23.2 Å². The van der Waals surface area contributed by atoms with E-state index in [-0.39, 0.29) is 6.04 Å². The second-order valence-corrected chi connectivity index (χ2v) is 12.2. The topological polar surface area (TPSA) is 32.5 Å². The van der Waals surface area contributed by atoms with Gasteiger partial charge in [-0.15, -0.1) is 0 Å². The van der Waals surface area contributed by atoms with E-state index in [9.17, 15) is 0 Å². The molecule has 3 aromatic rings. The molecular formula is C38H47Cl2N3. The first-order valence-corrected chi connectivity index (χ1v) is 16.6. The van der Waals surface area contributed by atoms with E-state index in [0.29, 0.717) is 5.92 Å². The summed E-state index contributed by atoms with van der Waals surface area (Å²) < 4.78 is 0. The predicted octanol–water partition coefficient (Wildman–Crippen LogP) is 10.7. The molecule has 0 aromatic heterocycles. The molecule has 2 fully saturated rings. The van der Waals surface area contributed by atoms with Crippen LogP contribution in [0.5, 0.6) is 0 Å². The van der Waals surface area contributed by atoms with E-state index in [0.717, 1.165) is 53.9 Å². The third-order valence-corrected chi connectivity index (χ3v) is 9.35. The van der Waals surface area contributed by atoms with E-state index < -0.39 is 0 Å². The Bertz CT molecular complexity index is 1400. The van der Waals surface area contributed by atoms with Crippen molar-refractivity contribution in [3.05, 3.63) is 130 Å². The van der Waals surface area contributed by atoms with E-state index >= 15 is 0 Å². The Morgan fingerprint density at radius 1 is 0.953 bits per heavy atom. The van der Waals surface area contributed by atoms with Crippen LogP contribution in [-0.4, -0.2) is 24.7 Å². The average molecular weight is 617 g/mol. The maximum atomic E-state index is 6.77. The van der Waals surface area contributed by atoms with Gasteiger partial charge < -0.3 is 10.6 Å². The lowest BCUT2D eigenvalue weighted by atomic mass is 9.85. The summed E-state index contributed by atoms with van der Waals surface area (Å²) in [5.41, 5.74) is 13.9. The van der Waals surface area contributed by atoms with Crippen molar-refractivity contribution in [2.45, 2.75) is 71.3 Å². The lowest BCUT2D eigenvalue weighted by Crippen LogP contribution is -2.31. The number of nitrogens with two attached hydrogens (primary N) is 1. The summed E-state index contributed by atoms with van der Waals surface area (Å²) in [6.45, 7) is 12.1. The van der Waals surface area contributed by atoms with Crippen LogP contribution in [0.4, 0.5) is 5.69 Å². The zero-order valence-electron chi connectivity index (χ0n) is 26.0. The van der Waals surface area contributed by atoms with Crippen molar-refractivity contribution >= 4 is 34.5 Å². The molecule has 6 rings (SSSR count). The molecule has 3 aromatic carbocycles. The summed E-state index contributed by atoms with van der Waals surface area (Å²) in [6.07, 6.45) is 13.6. The quantitative estimate of drug-likeness (QED) is 0.299. The van der Waals surface area contributed by atoms with Crippen molar-refractivity contribution in [2.24, 2.45) is 5.73 Å². The standard InChI is InChI=1S/C34H36Cl2N2.C2H5N.C2H6/c1-24-7-4-14-32(33(24)36)37-19-20-38(23-37)34(29-12-5-10-27(21-29)25-8-2-3-9-25)30-13-6-11-28(22-30)26-15-17-31(35)18-16-26;1-2-3;1-2/h4-5,7,10-12,14-18,21-22,25,34H,2-3,6,8-9,13,19-20,23H2,1H3;2H,1,3H2;1-2H3. The molecule has 3 nitrogen and oxygen atoms in total. The lowest BCUT2D eigenvalue weighted by Gasteiger charge is -2.33. The van der Waals surface area contributed by atoms with Gasteiger partial charge in [0.1, 0.15) is 0 Å². The molecule has 1 unspecified atom stereocenters. The third-order valence-electron chi connectivity index (χ3n) is 8.61. The maximum absolute atomic E-state index is 6.77. The van der Waals surface area contributed by atoms with Crippen molar-refractivity contribution in [1.82, 2.24) is 4.90 Å². The molecular weight excluding hydrogens is 569 g/mol. The third kappa shape index (κ3) is 8.15. The monoisotopic (exact) mass is 615 g/mol. The first kappa shape index (κ1) is 32.9. The van der Waals surface area contributed by atoms with Gasteiger partial charge in [0, 0.05) is 18.1 Å². The zero-order valence-corrected chi connectivity index (χ0v) is 27.5. The minimum atomic E-state index is 0.251. The fourth-order valence-corrected chi connectivity index (χ4v) is 6.95. The van der Waals surface area contributed by atoms with Crippen molar-refractivity contribution in [3.8, 4) is 0 Å². The van der Waals surface area contributed by atoms with Gasteiger partial charge in [-0.1, -0.05) is 117 Å².